The lowest BCUT2D eigenvalue weighted by molar-refractivity contribution is 0.465. The highest BCUT2D eigenvalue weighted by Gasteiger charge is 2.23. The van der Waals surface area contributed by atoms with Gasteiger partial charge in [0.1, 0.15) is 0 Å². The van der Waals surface area contributed by atoms with Crippen molar-refractivity contribution in [1.29, 1.82) is 0 Å². The van der Waals surface area contributed by atoms with Crippen LogP contribution in [0.5, 0.6) is 0 Å². The van der Waals surface area contributed by atoms with Crippen molar-refractivity contribution in [1.82, 2.24) is 4.90 Å². The van der Waals surface area contributed by atoms with Crippen LogP contribution in [0.4, 0.5) is 0 Å². The summed E-state index contributed by atoms with van der Waals surface area (Å²) < 4.78 is 0. The molecule has 0 aromatic heterocycles. The summed E-state index contributed by atoms with van der Waals surface area (Å²) >= 11 is 0. The van der Waals surface area contributed by atoms with Crippen molar-refractivity contribution in [2.45, 2.75) is 27.7 Å². The summed E-state index contributed by atoms with van der Waals surface area (Å²) in [6, 6.07) is 0. The van der Waals surface area contributed by atoms with Gasteiger partial charge in [0.25, 0.3) is 0 Å². The first-order valence-electron chi connectivity index (χ1n) is 6.72. The molecule has 0 aromatic carbocycles. The SMILES string of the molecule is C/C=C1/C=C/C2=C(C=C(C)C2C)N(C)C/C1=C/C. The van der Waals surface area contributed by atoms with Crippen molar-refractivity contribution in [3.8, 4) is 0 Å². The zero-order chi connectivity index (χ0) is 13.3. The third-order valence-corrected chi connectivity index (χ3v) is 4.10. The zero-order valence-electron chi connectivity index (χ0n) is 12.1. The quantitative estimate of drug-likeness (QED) is 0.613. The molecule has 0 aromatic rings. The van der Waals surface area contributed by atoms with E-state index < -0.39 is 0 Å². The average Bonchev–Trinajstić information content (AvgIpc) is 2.63. The first kappa shape index (κ1) is 12.9. The monoisotopic (exact) mass is 241 g/mol. The van der Waals surface area contributed by atoms with Gasteiger partial charge in [-0.25, -0.2) is 0 Å². The predicted molar refractivity (Wildman–Crippen MR) is 79.2 cm³/mol. The molecule has 1 unspecified atom stereocenters. The van der Waals surface area contributed by atoms with Crippen LogP contribution in [0.3, 0.4) is 0 Å². The highest BCUT2D eigenvalue weighted by Crippen LogP contribution is 2.35. The minimum atomic E-state index is 0.545. The Morgan fingerprint density at radius 2 is 1.94 bits per heavy atom. The van der Waals surface area contributed by atoms with Crippen LogP contribution in [0.1, 0.15) is 27.7 Å². The Bertz CT molecular complexity index is 498. The third-order valence-electron chi connectivity index (χ3n) is 4.10. The summed E-state index contributed by atoms with van der Waals surface area (Å²) in [4.78, 5) is 2.37. The molecular weight excluding hydrogens is 218 g/mol. The number of nitrogens with zero attached hydrogens (tertiary/aromatic N) is 1. The van der Waals surface area contributed by atoms with Gasteiger partial charge < -0.3 is 4.90 Å². The lowest BCUT2D eigenvalue weighted by Crippen LogP contribution is -2.22. The lowest BCUT2D eigenvalue weighted by atomic mass is 9.95. The fourth-order valence-corrected chi connectivity index (χ4v) is 2.71. The van der Waals surface area contributed by atoms with E-state index in [1.165, 1.54) is 28.0 Å². The van der Waals surface area contributed by atoms with Crippen molar-refractivity contribution in [3.63, 3.8) is 0 Å². The highest BCUT2D eigenvalue weighted by molar-refractivity contribution is 5.52. The Kier molecular flexibility index (Phi) is 3.60. The van der Waals surface area contributed by atoms with E-state index in [4.69, 9.17) is 0 Å². The van der Waals surface area contributed by atoms with E-state index in [0.717, 1.165) is 6.54 Å². The van der Waals surface area contributed by atoms with Gasteiger partial charge in [-0.1, -0.05) is 36.8 Å². The summed E-state index contributed by atoms with van der Waals surface area (Å²) in [7, 11) is 2.19. The van der Waals surface area contributed by atoms with Crippen molar-refractivity contribution >= 4 is 0 Å². The highest BCUT2D eigenvalue weighted by atomic mass is 15.1. The number of allylic oxidation sites excluding steroid dienone is 7. The van der Waals surface area contributed by atoms with Gasteiger partial charge in [0.15, 0.2) is 0 Å². The second kappa shape index (κ2) is 5.01. The molecule has 0 spiro atoms. The van der Waals surface area contributed by atoms with E-state index in [0.29, 0.717) is 5.92 Å². The van der Waals surface area contributed by atoms with Crippen LogP contribution in [0.2, 0.25) is 0 Å². The Balaban J connectivity index is 2.48. The van der Waals surface area contributed by atoms with Gasteiger partial charge in [0, 0.05) is 25.2 Å². The molecule has 1 atom stereocenters. The topological polar surface area (TPSA) is 3.24 Å². The van der Waals surface area contributed by atoms with Crippen molar-refractivity contribution < 1.29 is 0 Å². The summed E-state index contributed by atoms with van der Waals surface area (Å²) in [6.07, 6.45) is 11.3. The Morgan fingerprint density at radius 3 is 2.56 bits per heavy atom. The molecule has 2 aliphatic rings. The molecule has 1 nitrogen and oxygen atoms in total. The van der Waals surface area contributed by atoms with Gasteiger partial charge in [-0.05, 0) is 43.6 Å². The molecule has 0 amide bonds. The Labute approximate surface area is 111 Å². The molecule has 1 aliphatic carbocycles. The summed E-state index contributed by atoms with van der Waals surface area (Å²) in [5.41, 5.74) is 7.03. The molecule has 96 valence electrons. The van der Waals surface area contributed by atoms with Gasteiger partial charge in [-0.3, -0.25) is 0 Å². The first-order valence-corrected chi connectivity index (χ1v) is 6.72. The second-order valence-corrected chi connectivity index (χ2v) is 5.20. The molecular formula is C17H23N. The number of likely N-dealkylation sites (N-methyl/N-ethyl adjacent to an activating group) is 1. The van der Waals surface area contributed by atoms with Gasteiger partial charge in [-0.2, -0.15) is 0 Å². The second-order valence-electron chi connectivity index (χ2n) is 5.20. The van der Waals surface area contributed by atoms with Crippen LogP contribution in [0, 0.1) is 5.92 Å². The van der Waals surface area contributed by atoms with Crippen molar-refractivity contribution in [3.05, 3.63) is 58.4 Å². The third kappa shape index (κ3) is 2.10. The van der Waals surface area contributed by atoms with Crippen LogP contribution >= 0.6 is 0 Å². The smallest absolute Gasteiger partial charge is 0.0428 e. The van der Waals surface area contributed by atoms with E-state index in [9.17, 15) is 0 Å². The summed E-state index contributed by atoms with van der Waals surface area (Å²) in [5.74, 6) is 0.545. The number of rotatable bonds is 0. The lowest BCUT2D eigenvalue weighted by Gasteiger charge is -2.25. The minimum absolute atomic E-state index is 0.545. The molecule has 0 radical (unpaired) electrons. The van der Waals surface area contributed by atoms with E-state index in [-0.39, 0.29) is 0 Å². The normalized spacial score (nSPS) is 30.4. The van der Waals surface area contributed by atoms with Crippen molar-refractivity contribution in [2.75, 3.05) is 13.6 Å². The zero-order valence-corrected chi connectivity index (χ0v) is 12.1. The fraction of sp³-hybridized carbons (Fsp3) is 0.412. The molecule has 0 bridgehead atoms. The van der Waals surface area contributed by atoms with Gasteiger partial charge in [0.2, 0.25) is 0 Å². The van der Waals surface area contributed by atoms with Crippen LogP contribution in [-0.2, 0) is 0 Å². The molecule has 0 fully saturated rings. The van der Waals surface area contributed by atoms with E-state index in [2.05, 4.69) is 70.0 Å². The largest absolute Gasteiger partial charge is 0.370 e. The van der Waals surface area contributed by atoms with Gasteiger partial charge in [-0.15, -0.1) is 0 Å². The number of hydrogen-bond donors (Lipinski definition) is 0. The molecule has 2 rings (SSSR count). The molecule has 1 heterocycles. The fourth-order valence-electron chi connectivity index (χ4n) is 2.71. The molecule has 1 aliphatic heterocycles. The van der Waals surface area contributed by atoms with Crippen molar-refractivity contribution in [2.24, 2.45) is 5.92 Å². The van der Waals surface area contributed by atoms with E-state index in [1.807, 2.05) is 0 Å². The first-order chi connectivity index (χ1) is 8.58. The maximum absolute atomic E-state index is 2.37. The van der Waals surface area contributed by atoms with E-state index in [1.54, 1.807) is 0 Å². The minimum Gasteiger partial charge on any atom is -0.370 e. The summed E-state index contributed by atoms with van der Waals surface area (Å²) in [6.45, 7) is 9.73. The van der Waals surface area contributed by atoms with Gasteiger partial charge in [0.05, 0.1) is 0 Å². The summed E-state index contributed by atoms with van der Waals surface area (Å²) in [5, 5.41) is 0. The molecule has 0 N–H and O–H groups in total. The standard InChI is InChI=1S/C17H23N/c1-6-14-8-9-16-13(4)12(3)10-17(16)18(5)11-15(14)7-2/h6-10,13H,11H2,1-5H3/b9-8+,14-6-,15-7-. The molecule has 0 saturated heterocycles. The number of hydrogen-bond acceptors (Lipinski definition) is 1. The predicted octanol–water partition coefficient (Wildman–Crippen LogP) is 4.23. The van der Waals surface area contributed by atoms with Crippen LogP contribution < -0.4 is 0 Å². The maximum Gasteiger partial charge on any atom is 0.0428 e. The van der Waals surface area contributed by atoms with E-state index >= 15 is 0 Å². The average molecular weight is 241 g/mol. The molecule has 0 saturated carbocycles. The Morgan fingerprint density at radius 1 is 1.22 bits per heavy atom. The Hall–Kier alpha value is -1.50. The van der Waals surface area contributed by atoms with Crippen LogP contribution in [0.15, 0.2) is 58.4 Å². The maximum atomic E-state index is 2.37. The van der Waals surface area contributed by atoms with Crippen LogP contribution in [-0.4, -0.2) is 18.5 Å². The molecule has 18 heavy (non-hydrogen) atoms. The van der Waals surface area contributed by atoms with Gasteiger partial charge >= 0.3 is 0 Å². The molecule has 1 heteroatoms. The van der Waals surface area contributed by atoms with Crippen LogP contribution in [0.25, 0.3) is 0 Å².